The van der Waals surface area contributed by atoms with Crippen molar-refractivity contribution in [3.63, 3.8) is 0 Å². The first-order chi connectivity index (χ1) is 15.5. The van der Waals surface area contributed by atoms with Gasteiger partial charge in [-0.1, -0.05) is 24.8 Å². The fraction of sp³-hybridized carbons (Fsp3) is 0.0800. The summed E-state index contributed by atoms with van der Waals surface area (Å²) >= 11 is 0. The first-order valence-electron chi connectivity index (χ1n) is 9.82. The third-order valence-corrected chi connectivity index (χ3v) is 4.76. The summed E-state index contributed by atoms with van der Waals surface area (Å²) in [6, 6.07) is 15.9. The van der Waals surface area contributed by atoms with Crippen molar-refractivity contribution in [1.82, 2.24) is 0 Å². The molecule has 3 aromatic rings. The second-order valence-electron chi connectivity index (χ2n) is 7.01. The van der Waals surface area contributed by atoms with Crippen molar-refractivity contribution in [2.24, 2.45) is 5.10 Å². The first kappa shape index (κ1) is 21.0. The lowest BCUT2D eigenvalue weighted by atomic mass is 10.1. The maximum Gasteiger partial charge on any atom is 0.338 e. The molecule has 0 atom stereocenters. The zero-order chi connectivity index (χ0) is 22.7. The average Bonchev–Trinajstić information content (AvgIpc) is 3.38. The van der Waals surface area contributed by atoms with Gasteiger partial charge in [-0.15, -0.1) is 0 Å². The van der Waals surface area contributed by atoms with E-state index in [-0.39, 0.29) is 12.5 Å². The maximum atomic E-state index is 13.2. The molecule has 0 bridgehead atoms. The molecule has 1 aromatic heterocycles. The van der Waals surface area contributed by atoms with E-state index in [1.807, 2.05) is 6.07 Å². The van der Waals surface area contributed by atoms with Gasteiger partial charge in [0, 0.05) is 5.56 Å². The summed E-state index contributed by atoms with van der Waals surface area (Å²) in [5.74, 6) is -0.189. The topological polar surface area (TPSA) is 72.1 Å². The number of hydrogen-bond donors (Lipinski definition) is 0. The molecule has 1 aliphatic rings. The third-order valence-electron chi connectivity index (χ3n) is 4.76. The predicted molar refractivity (Wildman–Crippen MR) is 120 cm³/mol. The Morgan fingerprint density at radius 1 is 1.19 bits per heavy atom. The summed E-state index contributed by atoms with van der Waals surface area (Å²) < 4.78 is 24.1. The molecular formula is C25H19FN2O4. The number of hydrazone groups is 1. The Balaban J connectivity index is 1.56. The van der Waals surface area contributed by atoms with Gasteiger partial charge < -0.3 is 9.15 Å². The predicted octanol–water partition coefficient (Wildman–Crippen LogP) is 5.23. The van der Waals surface area contributed by atoms with Crippen LogP contribution in [-0.2, 0) is 9.53 Å². The number of halogens is 1. The van der Waals surface area contributed by atoms with Gasteiger partial charge in [-0.3, -0.25) is 4.79 Å². The maximum absolute atomic E-state index is 13.2. The van der Waals surface area contributed by atoms with Crippen LogP contribution in [0.25, 0.3) is 17.4 Å². The van der Waals surface area contributed by atoms with Crippen molar-refractivity contribution in [1.29, 1.82) is 0 Å². The van der Waals surface area contributed by atoms with Crippen molar-refractivity contribution in [3.05, 3.63) is 96.0 Å². The van der Waals surface area contributed by atoms with Crippen LogP contribution in [0.1, 0.15) is 23.0 Å². The van der Waals surface area contributed by atoms with E-state index in [0.717, 1.165) is 0 Å². The Morgan fingerprint density at radius 3 is 2.72 bits per heavy atom. The quantitative estimate of drug-likeness (QED) is 0.305. The van der Waals surface area contributed by atoms with Crippen molar-refractivity contribution in [2.45, 2.75) is 6.92 Å². The number of anilines is 1. The van der Waals surface area contributed by atoms with Gasteiger partial charge in [0.15, 0.2) is 0 Å². The zero-order valence-electron chi connectivity index (χ0n) is 17.2. The molecular weight excluding hydrogens is 411 g/mol. The van der Waals surface area contributed by atoms with E-state index < -0.39 is 11.8 Å². The Morgan fingerprint density at radius 2 is 1.97 bits per heavy atom. The van der Waals surface area contributed by atoms with Crippen molar-refractivity contribution >= 4 is 29.4 Å². The van der Waals surface area contributed by atoms with E-state index >= 15 is 0 Å². The molecule has 1 amide bonds. The van der Waals surface area contributed by atoms with Gasteiger partial charge in [0.05, 0.1) is 22.5 Å². The highest BCUT2D eigenvalue weighted by molar-refractivity contribution is 6.32. The summed E-state index contributed by atoms with van der Waals surface area (Å²) in [4.78, 5) is 24.9. The molecule has 4 rings (SSSR count). The Kier molecular flexibility index (Phi) is 5.81. The average molecular weight is 430 g/mol. The summed E-state index contributed by atoms with van der Waals surface area (Å²) in [7, 11) is 0. The fourth-order valence-corrected chi connectivity index (χ4v) is 3.19. The number of nitrogens with zero attached hydrogens (tertiary/aromatic N) is 2. The number of ether oxygens (including phenoxy) is 1. The number of amides is 1. The molecule has 0 radical (unpaired) electrons. The van der Waals surface area contributed by atoms with Gasteiger partial charge >= 0.3 is 5.97 Å². The molecule has 160 valence electrons. The van der Waals surface area contributed by atoms with Crippen LogP contribution in [0.4, 0.5) is 10.1 Å². The van der Waals surface area contributed by atoms with Crippen molar-refractivity contribution < 1.29 is 23.1 Å². The highest BCUT2D eigenvalue weighted by atomic mass is 19.1. The minimum absolute atomic E-state index is 0.130. The smallest absolute Gasteiger partial charge is 0.338 e. The number of furan rings is 1. The molecule has 7 heteroatoms. The molecule has 0 aliphatic carbocycles. The molecule has 0 saturated carbocycles. The van der Waals surface area contributed by atoms with Crippen LogP contribution in [0, 0.1) is 5.82 Å². The summed E-state index contributed by atoms with van der Waals surface area (Å²) in [6.45, 7) is 5.37. The van der Waals surface area contributed by atoms with E-state index in [2.05, 4.69) is 11.7 Å². The van der Waals surface area contributed by atoms with E-state index in [1.165, 1.54) is 35.4 Å². The van der Waals surface area contributed by atoms with E-state index in [9.17, 15) is 14.0 Å². The molecule has 2 aromatic carbocycles. The van der Waals surface area contributed by atoms with E-state index in [0.29, 0.717) is 39.6 Å². The highest BCUT2D eigenvalue weighted by Gasteiger charge is 2.29. The van der Waals surface area contributed by atoms with Crippen LogP contribution in [0.2, 0.25) is 0 Å². The SMILES string of the molecule is C=CCOC(=O)c1cccc(-c2ccc(C=C3C(=O)N(c4ccc(F)cc4)N=C3C)o2)c1. The van der Waals surface area contributed by atoms with Gasteiger partial charge in [0.2, 0.25) is 0 Å². The van der Waals surface area contributed by atoms with Gasteiger partial charge in [0.25, 0.3) is 5.91 Å². The monoisotopic (exact) mass is 430 g/mol. The summed E-state index contributed by atoms with van der Waals surface area (Å²) in [5, 5.41) is 5.50. The zero-order valence-corrected chi connectivity index (χ0v) is 17.2. The van der Waals surface area contributed by atoms with Gasteiger partial charge in [0.1, 0.15) is 23.9 Å². The molecule has 1 aliphatic heterocycles. The Labute approximate surface area is 183 Å². The highest BCUT2D eigenvalue weighted by Crippen LogP contribution is 2.28. The number of benzene rings is 2. The molecule has 0 spiro atoms. The Hall–Kier alpha value is -4.26. The minimum Gasteiger partial charge on any atom is -0.458 e. The Bertz CT molecular complexity index is 1250. The van der Waals surface area contributed by atoms with Crippen LogP contribution in [0.5, 0.6) is 0 Å². The number of esters is 1. The van der Waals surface area contributed by atoms with Crippen LogP contribution in [-0.4, -0.2) is 24.2 Å². The van der Waals surface area contributed by atoms with Crippen LogP contribution in [0.15, 0.2) is 88.4 Å². The summed E-state index contributed by atoms with van der Waals surface area (Å²) in [5.41, 5.74) is 2.45. The number of carbonyl (C=O) groups is 2. The standard InChI is InChI=1S/C25H19FN2O4/c1-3-13-31-25(30)18-6-4-5-17(14-18)23-12-11-21(32-23)15-22-16(2)27-28(24(22)29)20-9-7-19(26)8-10-20/h3-12,14-15H,1,13H2,2H3. The third kappa shape index (κ3) is 4.27. The van der Waals surface area contributed by atoms with Gasteiger partial charge in [-0.05, 0) is 61.5 Å². The summed E-state index contributed by atoms with van der Waals surface area (Å²) in [6.07, 6.45) is 3.11. The molecule has 0 unspecified atom stereocenters. The molecule has 6 nitrogen and oxygen atoms in total. The first-order valence-corrected chi connectivity index (χ1v) is 9.82. The second-order valence-corrected chi connectivity index (χ2v) is 7.01. The molecule has 0 fully saturated rings. The van der Waals surface area contributed by atoms with Crippen LogP contribution in [0.3, 0.4) is 0 Å². The largest absolute Gasteiger partial charge is 0.458 e. The number of hydrogen-bond acceptors (Lipinski definition) is 5. The molecule has 32 heavy (non-hydrogen) atoms. The normalized spacial score (nSPS) is 14.6. The van der Waals surface area contributed by atoms with E-state index in [4.69, 9.17) is 9.15 Å². The molecule has 2 heterocycles. The van der Waals surface area contributed by atoms with Crippen molar-refractivity contribution in [3.8, 4) is 11.3 Å². The fourth-order valence-electron chi connectivity index (χ4n) is 3.19. The lowest BCUT2D eigenvalue weighted by molar-refractivity contribution is -0.114. The minimum atomic E-state index is -0.454. The number of rotatable bonds is 6. The van der Waals surface area contributed by atoms with Crippen LogP contribution < -0.4 is 5.01 Å². The van der Waals surface area contributed by atoms with Crippen LogP contribution >= 0.6 is 0 Å². The lowest BCUT2D eigenvalue weighted by Gasteiger charge is -2.11. The molecule has 0 N–H and O–H groups in total. The second kappa shape index (κ2) is 8.85. The van der Waals surface area contributed by atoms with Gasteiger partial charge in [-0.2, -0.15) is 10.1 Å². The van der Waals surface area contributed by atoms with Gasteiger partial charge in [-0.25, -0.2) is 9.18 Å². The molecule has 0 saturated heterocycles. The number of carbonyl (C=O) groups excluding carboxylic acids is 2. The lowest BCUT2D eigenvalue weighted by Crippen LogP contribution is -2.21. The van der Waals surface area contributed by atoms with E-state index in [1.54, 1.807) is 43.3 Å². The van der Waals surface area contributed by atoms with Crippen molar-refractivity contribution in [2.75, 3.05) is 11.6 Å².